The predicted molar refractivity (Wildman–Crippen MR) is 61.5 cm³/mol. The molecule has 2 aliphatic rings. The van der Waals surface area contributed by atoms with Crippen molar-refractivity contribution in [1.82, 2.24) is 5.32 Å². The molecule has 2 atom stereocenters. The van der Waals surface area contributed by atoms with E-state index < -0.39 is 0 Å². The maximum absolute atomic E-state index is 5.67. The van der Waals surface area contributed by atoms with E-state index in [4.69, 9.17) is 4.74 Å². The molecule has 2 nitrogen and oxygen atoms in total. The van der Waals surface area contributed by atoms with Gasteiger partial charge in [-0.05, 0) is 36.5 Å². The van der Waals surface area contributed by atoms with Gasteiger partial charge in [-0.25, -0.2) is 0 Å². The fourth-order valence-electron chi connectivity index (χ4n) is 2.19. The number of thioether (sulfide) groups is 1. The molecule has 2 rings (SSSR count). The molecule has 1 saturated heterocycles. The zero-order valence-corrected chi connectivity index (χ0v) is 9.61. The molecule has 2 heterocycles. The molecule has 3 heteroatoms. The predicted octanol–water partition coefficient (Wildman–Crippen LogP) is 2.02. The molecule has 0 saturated carbocycles. The van der Waals surface area contributed by atoms with E-state index in [-0.39, 0.29) is 0 Å². The van der Waals surface area contributed by atoms with Crippen molar-refractivity contribution in [1.29, 1.82) is 0 Å². The Hall–Kier alpha value is -0.150. The highest BCUT2D eigenvalue weighted by atomic mass is 32.2. The molecule has 0 aromatic rings. The van der Waals surface area contributed by atoms with Crippen LogP contribution in [-0.4, -0.2) is 30.7 Å². The Kier molecular flexibility index (Phi) is 3.76. The maximum atomic E-state index is 5.67. The molecule has 80 valence electrons. The number of rotatable bonds is 4. The molecular weight excluding hydrogens is 194 g/mol. The van der Waals surface area contributed by atoms with Crippen LogP contribution in [0, 0.1) is 5.92 Å². The second-order valence-corrected chi connectivity index (χ2v) is 5.05. The monoisotopic (exact) mass is 213 g/mol. The van der Waals surface area contributed by atoms with Gasteiger partial charge in [0, 0.05) is 6.42 Å². The van der Waals surface area contributed by atoms with Crippen LogP contribution in [0.1, 0.15) is 19.8 Å². The average molecular weight is 213 g/mol. The average Bonchev–Trinajstić information content (AvgIpc) is 2.87. The summed E-state index contributed by atoms with van der Waals surface area (Å²) in [4.78, 5) is 0. The minimum absolute atomic E-state index is 0.484. The summed E-state index contributed by atoms with van der Waals surface area (Å²) in [6, 6.07) is 0.484. The first-order chi connectivity index (χ1) is 6.92. The van der Waals surface area contributed by atoms with Crippen molar-refractivity contribution in [3.05, 3.63) is 11.8 Å². The van der Waals surface area contributed by atoms with E-state index in [1.807, 2.05) is 0 Å². The summed E-state index contributed by atoms with van der Waals surface area (Å²) in [7, 11) is 0. The van der Waals surface area contributed by atoms with Crippen LogP contribution in [0.25, 0.3) is 0 Å². The molecule has 1 N–H and O–H groups in total. The molecule has 2 unspecified atom stereocenters. The summed E-state index contributed by atoms with van der Waals surface area (Å²) in [5, 5.41) is 3.56. The fraction of sp³-hybridized carbons (Fsp3) is 0.818. The lowest BCUT2D eigenvalue weighted by molar-refractivity contribution is 0.198. The van der Waals surface area contributed by atoms with Crippen molar-refractivity contribution in [2.24, 2.45) is 5.92 Å². The summed E-state index contributed by atoms with van der Waals surface area (Å²) in [5.41, 5.74) is 0. The van der Waals surface area contributed by atoms with Crippen molar-refractivity contribution in [2.45, 2.75) is 25.8 Å². The molecule has 0 radical (unpaired) electrons. The lowest BCUT2D eigenvalue weighted by Gasteiger charge is -2.24. The first-order valence-electron chi connectivity index (χ1n) is 5.55. The van der Waals surface area contributed by atoms with Gasteiger partial charge in [0.25, 0.3) is 0 Å². The number of hydrogen-bond donors (Lipinski definition) is 1. The molecule has 14 heavy (non-hydrogen) atoms. The lowest BCUT2D eigenvalue weighted by atomic mass is 9.97. The van der Waals surface area contributed by atoms with E-state index >= 15 is 0 Å². The zero-order valence-electron chi connectivity index (χ0n) is 8.79. The van der Waals surface area contributed by atoms with E-state index in [1.165, 1.54) is 23.7 Å². The van der Waals surface area contributed by atoms with Crippen LogP contribution in [-0.2, 0) is 4.74 Å². The number of ether oxygens (including phenoxy) is 1. The van der Waals surface area contributed by atoms with Gasteiger partial charge < -0.3 is 10.1 Å². The van der Waals surface area contributed by atoms with E-state index in [1.54, 1.807) is 0 Å². The van der Waals surface area contributed by atoms with Gasteiger partial charge in [-0.15, -0.1) is 0 Å². The van der Waals surface area contributed by atoms with Gasteiger partial charge in [-0.1, -0.05) is 6.92 Å². The Morgan fingerprint density at radius 2 is 2.64 bits per heavy atom. The Morgan fingerprint density at radius 3 is 3.21 bits per heavy atom. The number of hydrogen-bond acceptors (Lipinski definition) is 3. The highest BCUT2D eigenvalue weighted by molar-refractivity contribution is 7.99. The van der Waals surface area contributed by atoms with Crippen LogP contribution in [0.3, 0.4) is 0 Å². The van der Waals surface area contributed by atoms with Gasteiger partial charge in [0.15, 0.2) is 0 Å². The van der Waals surface area contributed by atoms with Gasteiger partial charge >= 0.3 is 0 Å². The van der Waals surface area contributed by atoms with Crippen LogP contribution in [0.15, 0.2) is 11.8 Å². The number of nitrogens with one attached hydrogen (secondary N) is 1. The van der Waals surface area contributed by atoms with Crippen LogP contribution in [0.5, 0.6) is 0 Å². The SMILES string of the molecule is CCNC(C1=CCCO1)C1CCSC1. The quantitative estimate of drug-likeness (QED) is 0.772. The third-order valence-corrected chi connectivity index (χ3v) is 4.09. The molecule has 1 fully saturated rings. The Labute approximate surface area is 90.5 Å². The third kappa shape index (κ3) is 2.26. The van der Waals surface area contributed by atoms with E-state index in [2.05, 4.69) is 30.1 Å². The molecule has 0 aliphatic carbocycles. The third-order valence-electron chi connectivity index (χ3n) is 2.90. The highest BCUT2D eigenvalue weighted by Crippen LogP contribution is 2.30. The van der Waals surface area contributed by atoms with Gasteiger partial charge in [0.2, 0.25) is 0 Å². The van der Waals surface area contributed by atoms with Crippen molar-refractivity contribution < 1.29 is 4.74 Å². The molecule has 0 amide bonds. The lowest BCUT2D eigenvalue weighted by Crippen LogP contribution is -2.38. The second-order valence-electron chi connectivity index (χ2n) is 3.90. The van der Waals surface area contributed by atoms with Crippen LogP contribution < -0.4 is 5.32 Å². The Morgan fingerprint density at radius 1 is 1.71 bits per heavy atom. The first kappa shape index (κ1) is 10.4. The van der Waals surface area contributed by atoms with E-state index in [9.17, 15) is 0 Å². The van der Waals surface area contributed by atoms with Gasteiger partial charge in [0.05, 0.1) is 12.6 Å². The minimum atomic E-state index is 0.484. The summed E-state index contributed by atoms with van der Waals surface area (Å²) in [6.45, 7) is 4.09. The van der Waals surface area contributed by atoms with Crippen LogP contribution >= 0.6 is 11.8 Å². The van der Waals surface area contributed by atoms with Crippen molar-refractivity contribution in [3.63, 3.8) is 0 Å². The standard InChI is InChI=1S/C11H19NOS/c1-2-12-11(9-5-7-14-8-9)10-4-3-6-13-10/h4,9,11-12H,2-3,5-8H2,1H3. The molecule has 0 aromatic carbocycles. The maximum Gasteiger partial charge on any atom is 0.109 e. The zero-order chi connectivity index (χ0) is 9.80. The first-order valence-corrected chi connectivity index (χ1v) is 6.71. The van der Waals surface area contributed by atoms with Gasteiger partial charge in [-0.3, -0.25) is 0 Å². The van der Waals surface area contributed by atoms with Crippen LogP contribution in [0.2, 0.25) is 0 Å². The minimum Gasteiger partial charge on any atom is -0.496 e. The van der Waals surface area contributed by atoms with Crippen molar-refractivity contribution in [2.75, 3.05) is 24.7 Å². The number of likely N-dealkylation sites (N-methyl/N-ethyl adjacent to an activating group) is 1. The summed E-state index contributed by atoms with van der Waals surface area (Å²) < 4.78 is 5.67. The Balaban J connectivity index is 1.98. The smallest absolute Gasteiger partial charge is 0.109 e. The van der Waals surface area contributed by atoms with E-state index in [0.29, 0.717) is 6.04 Å². The van der Waals surface area contributed by atoms with Crippen molar-refractivity contribution in [3.8, 4) is 0 Å². The van der Waals surface area contributed by atoms with E-state index in [0.717, 1.165) is 25.5 Å². The molecule has 2 aliphatic heterocycles. The van der Waals surface area contributed by atoms with Gasteiger partial charge in [0.1, 0.15) is 5.76 Å². The van der Waals surface area contributed by atoms with Crippen LogP contribution in [0.4, 0.5) is 0 Å². The molecule has 0 spiro atoms. The van der Waals surface area contributed by atoms with Crippen molar-refractivity contribution >= 4 is 11.8 Å². The fourth-order valence-corrected chi connectivity index (χ4v) is 3.49. The summed E-state index contributed by atoms with van der Waals surface area (Å²) >= 11 is 2.07. The largest absolute Gasteiger partial charge is 0.496 e. The topological polar surface area (TPSA) is 21.3 Å². The normalized spacial score (nSPS) is 28.6. The highest BCUT2D eigenvalue weighted by Gasteiger charge is 2.29. The molecule has 0 aromatic heterocycles. The summed E-state index contributed by atoms with van der Waals surface area (Å²) in [6.07, 6.45) is 4.69. The molecule has 0 bridgehead atoms. The second kappa shape index (κ2) is 5.08. The summed E-state index contributed by atoms with van der Waals surface area (Å²) in [5.74, 6) is 4.60. The Bertz CT molecular complexity index is 211. The van der Waals surface area contributed by atoms with Gasteiger partial charge in [-0.2, -0.15) is 11.8 Å². The molecular formula is C11H19NOS.